The normalized spacial score (nSPS) is 11.3. The number of benzene rings is 5. The number of fused-ring (bicyclic) bond motifs is 2. The molecule has 0 radical (unpaired) electrons. The molecule has 5 aromatic carbocycles. The maximum Gasteiger partial charge on any atom is 0.231 e. The molecular formula is C35H24N2O2. The molecule has 39 heavy (non-hydrogen) atoms. The van der Waals surface area contributed by atoms with Gasteiger partial charge in [-0.2, -0.15) is 0 Å². The number of para-hydroxylation sites is 2. The Bertz CT molecular complexity index is 1990. The van der Waals surface area contributed by atoms with Crippen molar-refractivity contribution in [2.45, 2.75) is 6.92 Å². The summed E-state index contributed by atoms with van der Waals surface area (Å²) in [5, 5.41) is 11.5. The fraction of sp³-hybridized carbons (Fsp3) is 0.0286. The van der Waals surface area contributed by atoms with Gasteiger partial charge in [0, 0.05) is 22.7 Å². The number of pyridine rings is 1. The molecule has 0 saturated carbocycles. The molecule has 0 aliphatic carbocycles. The third kappa shape index (κ3) is 3.94. The van der Waals surface area contributed by atoms with Crippen LogP contribution in [0.25, 0.3) is 66.8 Å². The predicted octanol–water partition coefficient (Wildman–Crippen LogP) is 9.06. The lowest BCUT2D eigenvalue weighted by Crippen LogP contribution is -1.92. The maximum atomic E-state index is 10.3. The van der Waals surface area contributed by atoms with Gasteiger partial charge in [0.05, 0.1) is 11.1 Å². The molecule has 0 unspecified atom stereocenters. The number of hydrogen-bond acceptors (Lipinski definition) is 4. The van der Waals surface area contributed by atoms with Crippen LogP contribution in [0.1, 0.15) is 5.56 Å². The Balaban J connectivity index is 1.38. The highest BCUT2D eigenvalue weighted by molar-refractivity contribution is 6.04. The summed E-state index contributed by atoms with van der Waals surface area (Å²) in [7, 11) is 0. The standard InChI is InChI=1S/C35H24N2O2/c1-22-20-29(33-28(16-9-19-36-33)32(22)23-10-3-2-4-11-23)25-13-7-12-24(21-25)26-15-8-18-31-34(26)37-35(39-31)27-14-5-6-17-30(27)38/h2-21,38H,1H3. The summed E-state index contributed by atoms with van der Waals surface area (Å²) in [5.74, 6) is 0.537. The number of rotatable bonds is 4. The van der Waals surface area contributed by atoms with Gasteiger partial charge in [-0.1, -0.05) is 78.9 Å². The predicted molar refractivity (Wildman–Crippen MR) is 157 cm³/mol. The minimum Gasteiger partial charge on any atom is -0.507 e. The minimum atomic E-state index is 0.140. The van der Waals surface area contributed by atoms with Crippen LogP contribution in [0.3, 0.4) is 0 Å². The van der Waals surface area contributed by atoms with Gasteiger partial charge in [-0.25, -0.2) is 4.98 Å². The third-order valence-corrected chi connectivity index (χ3v) is 7.19. The number of aromatic hydroxyl groups is 1. The summed E-state index contributed by atoms with van der Waals surface area (Å²) in [4.78, 5) is 9.62. The number of phenolic OH excluding ortho intramolecular Hbond substituents is 1. The summed E-state index contributed by atoms with van der Waals surface area (Å²) >= 11 is 0. The number of hydrogen-bond donors (Lipinski definition) is 1. The van der Waals surface area contributed by atoms with E-state index in [1.54, 1.807) is 18.2 Å². The lowest BCUT2D eigenvalue weighted by Gasteiger charge is -2.15. The molecule has 2 heterocycles. The Morgan fingerprint density at radius 1 is 0.615 bits per heavy atom. The lowest BCUT2D eigenvalue weighted by molar-refractivity contribution is 0.474. The molecule has 7 rings (SSSR count). The first-order valence-corrected chi connectivity index (χ1v) is 12.9. The van der Waals surface area contributed by atoms with E-state index < -0.39 is 0 Å². The summed E-state index contributed by atoms with van der Waals surface area (Å²) in [6.07, 6.45) is 1.86. The van der Waals surface area contributed by atoms with E-state index in [4.69, 9.17) is 14.4 Å². The molecule has 0 aliphatic rings. The summed E-state index contributed by atoms with van der Waals surface area (Å²) in [5.41, 5.74) is 10.7. The number of aromatic nitrogens is 2. The van der Waals surface area contributed by atoms with Crippen molar-refractivity contribution in [1.82, 2.24) is 9.97 Å². The van der Waals surface area contributed by atoms with Gasteiger partial charge in [-0.3, -0.25) is 4.98 Å². The van der Waals surface area contributed by atoms with Gasteiger partial charge in [0.1, 0.15) is 11.3 Å². The molecule has 7 aromatic rings. The average Bonchev–Trinajstić information content (AvgIpc) is 3.42. The summed E-state index contributed by atoms with van der Waals surface area (Å²) < 4.78 is 6.06. The van der Waals surface area contributed by atoms with E-state index in [-0.39, 0.29) is 5.75 Å². The highest BCUT2D eigenvalue weighted by Crippen LogP contribution is 2.39. The number of nitrogens with zero attached hydrogens (tertiary/aromatic N) is 2. The topological polar surface area (TPSA) is 59.2 Å². The Kier molecular flexibility index (Phi) is 5.45. The fourth-order valence-electron chi connectivity index (χ4n) is 5.40. The Labute approximate surface area is 225 Å². The van der Waals surface area contributed by atoms with Crippen LogP contribution in [0.4, 0.5) is 0 Å². The van der Waals surface area contributed by atoms with E-state index in [0.717, 1.165) is 38.7 Å². The second-order valence-corrected chi connectivity index (χ2v) is 9.65. The van der Waals surface area contributed by atoms with Crippen molar-refractivity contribution < 1.29 is 9.52 Å². The molecule has 0 bridgehead atoms. The van der Waals surface area contributed by atoms with Gasteiger partial charge < -0.3 is 9.52 Å². The van der Waals surface area contributed by atoms with Gasteiger partial charge in [-0.05, 0) is 71.1 Å². The lowest BCUT2D eigenvalue weighted by atomic mass is 9.90. The van der Waals surface area contributed by atoms with Gasteiger partial charge in [0.25, 0.3) is 0 Å². The zero-order valence-electron chi connectivity index (χ0n) is 21.3. The molecule has 0 saturated heterocycles. The fourth-order valence-corrected chi connectivity index (χ4v) is 5.40. The van der Waals surface area contributed by atoms with Crippen LogP contribution >= 0.6 is 0 Å². The smallest absolute Gasteiger partial charge is 0.231 e. The minimum absolute atomic E-state index is 0.140. The first-order valence-electron chi connectivity index (χ1n) is 12.9. The quantitative estimate of drug-likeness (QED) is 0.260. The van der Waals surface area contributed by atoms with E-state index in [2.05, 4.69) is 73.7 Å². The molecule has 1 N–H and O–H groups in total. The van der Waals surface area contributed by atoms with Crippen LogP contribution < -0.4 is 0 Å². The van der Waals surface area contributed by atoms with Crippen molar-refractivity contribution >= 4 is 22.0 Å². The molecule has 0 fully saturated rings. The Hall–Kier alpha value is -5.22. The highest BCUT2D eigenvalue weighted by Gasteiger charge is 2.17. The highest BCUT2D eigenvalue weighted by atomic mass is 16.3. The Morgan fingerprint density at radius 3 is 2.18 bits per heavy atom. The van der Waals surface area contributed by atoms with E-state index in [0.29, 0.717) is 17.0 Å². The number of phenols is 1. The van der Waals surface area contributed by atoms with Gasteiger partial charge in [0.15, 0.2) is 5.58 Å². The summed E-state index contributed by atoms with van der Waals surface area (Å²) in [6, 6.07) is 38.4. The van der Waals surface area contributed by atoms with Crippen LogP contribution in [-0.2, 0) is 0 Å². The molecule has 0 amide bonds. The van der Waals surface area contributed by atoms with E-state index in [9.17, 15) is 5.11 Å². The van der Waals surface area contributed by atoms with Crippen LogP contribution in [-0.4, -0.2) is 15.1 Å². The van der Waals surface area contributed by atoms with Crippen molar-refractivity contribution in [3.8, 4) is 50.6 Å². The van der Waals surface area contributed by atoms with Gasteiger partial charge in [-0.15, -0.1) is 0 Å². The van der Waals surface area contributed by atoms with Crippen molar-refractivity contribution in [2.24, 2.45) is 0 Å². The van der Waals surface area contributed by atoms with E-state index in [1.165, 1.54) is 16.7 Å². The first-order chi connectivity index (χ1) is 19.2. The van der Waals surface area contributed by atoms with Crippen LogP contribution in [0.15, 0.2) is 126 Å². The van der Waals surface area contributed by atoms with Crippen molar-refractivity contribution in [3.05, 3.63) is 127 Å². The second-order valence-electron chi connectivity index (χ2n) is 9.65. The molecule has 2 aromatic heterocycles. The SMILES string of the molecule is Cc1cc(-c2cccc(-c3cccc4oc(-c5ccccc5O)nc34)c2)c2ncccc2c1-c1ccccc1. The molecule has 0 spiro atoms. The zero-order valence-corrected chi connectivity index (χ0v) is 21.3. The van der Waals surface area contributed by atoms with Crippen LogP contribution in [0.2, 0.25) is 0 Å². The Morgan fingerprint density at radius 2 is 1.33 bits per heavy atom. The second kappa shape index (κ2) is 9.26. The number of aryl methyl sites for hydroxylation is 1. The monoisotopic (exact) mass is 504 g/mol. The zero-order chi connectivity index (χ0) is 26.3. The molecule has 0 atom stereocenters. The molecule has 4 heteroatoms. The van der Waals surface area contributed by atoms with Gasteiger partial charge in [0.2, 0.25) is 5.89 Å². The van der Waals surface area contributed by atoms with Crippen molar-refractivity contribution in [3.63, 3.8) is 0 Å². The van der Waals surface area contributed by atoms with Gasteiger partial charge >= 0.3 is 0 Å². The van der Waals surface area contributed by atoms with Crippen LogP contribution in [0, 0.1) is 6.92 Å². The van der Waals surface area contributed by atoms with Crippen molar-refractivity contribution in [2.75, 3.05) is 0 Å². The molecule has 0 aliphatic heterocycles. The average molecular weight is 505 g/mol. The van der Waals surface area contributed by atoms with Crippen LogP contribution in [0.5, 0.6) is 5.75 Å². The molecular weight excluding hydrogens is 480 g/mol. The van der Waals surface area contributed by atoms with Crippen molar-refractivity contribution in [1.29, 1.82) is 0 Å². The third-order valence-electron chi connectivity index (χ3n) is 7.19. The van der Waals surface area contributed by atoms with E-state index >= 15 is 0 Å². The molecule has 186 valence electrons. The first kappa shape index (κ1) is 22.9. The molecule has 4 nitrogen and oxygen atoms in total. The summed E-state index contributed by atoms with van der Waals surface area (Å²) in [6.45, 7) is 2.17. The largest absolute Gasteiger partial charge is 0.507 e. The number of oxazole rings is 1. The van der Waals surface area contributed by atoms with E-state index in [1.807, 2.05) is 36.5 Å². The maximum absolute atomic E-state index is 10.3.